The summed E-state index contributed by atoms with van der Waals surface area (Å²) in [5.41, 5.74) is 5.71. The molecule has 41 heavy (non-hydrogen) atoms. The Morgan fingerprint density at radius 2 is 1.51 bits per heavy atom. The van der Waals surface area contributed by atoms with Gasteiger partial charge in [-0.15, -0.1) is 59.7 Å². The fourth-order valence-electron chi connectivity index (χ4n) is 5.71. The van der Waals surface area contributed by atoms with Crippen molar-refractivity contribution in [2.75, 3.05) is 0 Å². The van der Waals surface area contributed by atoms with E-state index in [1.54, 1.807) is 5.19 Å². The van der Waals surface area contributed by atoms with Crippen molar-refractivity contribution in [2.45, 2.75) is 51.2 Å². The molecule has 1 fully saturated rings. The van der Waals surface area contributed by atoms with Gasteiger partial charge in [0, 0.05) is 37.2 Å². The molecule has 0 spiro atoms. The van der Waals surface area contributed by atoms with E-state index >= 15 is 0 Å². The molecular weight excluding hydrogens is 713 g/mol. The zero-order chi connectivity index (χ0) is 27.5. The summed E-state index contributed by atoms with van der Waals surface area (Å²) < 4.78 is 2.74. The Balaban J connectivity index is 0.000000168. The number of aromatic nitrogens is 2. The second-order valence-corrected chi connectivity index (χ2v) is 17.6. The molecule has 3 heterocycles. The Bertz CT molecular complexity index is 1740. The topological polar surface area (TPSA) is 25.8 Å². The predicted octanol–water partition coefficient (Wildman–Crippen LogP) is 9.67. The van der Waals surface area contributed by atoms with Crippen molar-refractivity contribution in [3.8, 4) is 22.5 Å². The van der Waals surface area contributed by atoms with Gasteiger partial charge in [0.15, 0.2) is 0 Å². The van der Waals surface area contributed by atoms with E-state index in [2.05, 4.69) is 90.3 Å². The Morgan fingerprint density at radius 3 is 2.24 bits per heavy atom. The van der Waals surface area contributed by atoms with Gasteiger partial charge in [0.05, 0.1) is 8.07 Å². The third-order valence-corrected chi connectivity index (χ3v) is 11.3. The van der Waals surface area contributed by atoms with E-state index in [1.807, 2.05) is 60.1 Å². The minimum atomic E-state index is -1.37. The molecule has 1 aliphatic rings. The van der Waals surface area contributed by atoms with Gasteiger partial charge in [-0.2, -0.15) is 11.3 Å². The van der Waals surface area contributed by atoms with E-state index in [9.17, 15) is 0 Å². The number of benzene rings is 3. The van der Waals surface area contributed by atoms with Crippen molar-refractivity contribution in [1.82, 2.24) is 9.97 Å². The van der Waals surface area contributed by atoms with Crippen molar-refractivity contribution in [3.05, 3.63) is 115 Å². The second kappa shape index (κ2) is 12.9. The molecule has 1 radical (unpaired) electrons. The van der Waals surface area contributed by atoms with Gasteiger partial charge in [0.2, 0.25) is 0 Å². The number of fused-ring (bicyclic) bond motifs is 3. The number of pyridine rings is 2. The Morgan fingerprint density at radius 1 is 0.732 bits per heavy atom. The fraction of sp³-hybridized carbons (Fsp3) is 0.222. The molecule has 0 amide bonds. The van der Waals surface area contributed by atoms with Crippen molar-refractivity contribution in [1.29, 1.82) is 0 Å². The zero-order valence-corrected chi connectivity index (χ0v) is 28.0. The average molecular weight is 747 g/mol. The Labute approximate surface area is 262 Å². The van der Waals surface area contributed by atoms with Gasteiger partial charge < -0.3 is 9.97 Å². The average Bonchev–Trinajstić information content (AvgIpc) is 3.67. The van der Waals surface area contributed by atoms with Crippen molar-refractivity contribution >= 4 is 44.8 Å². The second-order valence-electron chi connectivity index (χ2n) is 11.6. The van der Waals surface area contributed by atoms with Crippen LogP contribution in [0, 0.1) is 12.1 Å². The monoisotopic (exact) mass is 747 g/mol. The molecule has 7 rings (SSSR count). The van der Waals surface area contributed by atoms with Gasteiger partial charge in [0.1, 0.15) is 0 Å². The van der Waals surface area contributed by atoms with Gasteiger partial charge in [-0.3, -0.25) is 0 Å². The number of hydrogen-bond donors (Lipinski definition) is 0. The summed E-state index contributed by atoms with van der Waals surface area (Å²) >= 11 is 1.90. The molecule has 5 heteroatoms. The fourth-order valence-corrected chi connectivity index (χ4v) is 9.42. The molecule has 0 saturated heterocycles. The summed E-state index contributed by atoms with van der Waals surface area (Å²) in [5, 5.41) is 4.24. The molecule has 0 bridgehead atoms. The molecule has 209 valence electrons. The smallest absolute Gasteiger partial charge is 0.0794 e. The number of nitrogens with zero attached hydrogens (tertiary/aromatic N) is 2. The van der Waals surface area contributed by atoms with Crippen LogP contribution in [0.15, 0.2) is 97.3 Å². The first-order valence-corrected chi connectivity index (χ1v) is 18.5. The minimum absolute atomic E-state index is 0. The molecule has 0 unspecified atom stereocenters. The Kier molecular flexibility index (Phi) is 9.30. The van der Waals surface area contributed by atoms with Crippen LogP contribution in [0.1, 0.15) is 37.2 Å². The molecule has 1 aliphatic carbocycles. The quantitative estimate of drug-likeness (QED) is 0.133. The zero-order valence-electron chi connectivity index (χ0n) is 23.8. The standard InChI is InChI=1S/C20H18NSSi.C16H16N.Ir/c1-23(2,3)18-12-7-9-15-14-8-6-10-16(19(14)22-20(15)18)17-11-4-5-13-21-17;1-2-8-14(9-3-1)16-12-15(10-11-17-16)13-6-4-5-7-13;/h4-9,11-13H,1-3H3;1-3,8,10-13H,4-7H2;/q2*-1;. The van der Waals surface area contributed by atoms with Crippen LogP contribution < -0.4 is 5.19 Å². The molecular formula is C36H34IrN2SSi-2. The van der Waals surface area contributed by atoms with E-state index in [1.165, 1.54) is 51.4 Å². The molecule has 1 saturated carbocycles. The van der Waals surface area contributed by atoms with E-state index in [0.717, 1.165) is 28.4 Å². The van der Waals surface area contributed by atoms with Crippen LogP contribution in [0.3, 0.4) is 0 Å². The van der Waals surface area contributed by atoms with E-state index in [-0.39, 0.29) is 20.1 Å². The van der Waals surface area contributed by atoms with Crippen LogP contribution in [0.5, 0.6) is 0 Å². The predicted molar refractivity (Wildman–Crippen MR) is 174 cm³/mol. The van der Waals surface area contributed by atoms with Gasteiger partial charge in [0.25, 0.3) is 0 Å². The molecule has 3 aromatic carbocycles. The maximum atomic E-state index is 4.52. The normalized spacial score (nSPS) is 13.5. The summed E-state index contributed by atoms with van der Waals surface area (Å²) in [5.74, 6) is 0.750. The van der Waals surface area contributed by atoms with E-state index in [4.69, 9.17) is 0 Å². The maximum absolute atomic E-state index is 4.52. The van der Waals surface area contributed by atoms with Crippen LogP contribution in [0.25, 0.3) is 42.7 Å². The van der Waals surface area contributed by atoms with Gasteiger partial charge in [-0.1, -0.05) is 79.8 Å². The van der Waals surface area contributed by atoms with Crippen LogP contribution in [-0.4, -0.2) is 18.0 Å². The summed E-state index contributed by atoms with van der Waals surface area (Å²) in [6.45, 7) is 7.24. The molecule has 0 atom stereocenters. The van der Waals surface area contributed by atoms with Crippen LogP contribution in [0.4, 0.5) is 0 Å². The molecule has 6 aromatic rings. The number of thiophene rings is 1. The third kappa shape index (κ3) is 6.44. The Hall–Kier alpha value is -2.95. The summed E-state index contributed by atoms with van der Waals surface area (Å²) in [4.78, 5) is 8.97. The van der Waals surface area contributed by atoms with Crippen molar-refractivity contribution < 1.29 is 20.1 Å². The molecule has 0 aliphatic heterocycles. The number of hydrogen-bond acceptors (Lipinski definition) is 3. The van der Waals surface area contributed by atoms with Crippen molar-refractivity contribution in [3.63, 3.8) is 0 Å². The molecule has 3 aromatic heterocycles. The van der Waals surface area contributed by atoms with E-state index in [0.29, 0.717) is 0 Å². The van der Waals surface area contributed by atoms with Gasteiger partial charge in [-0.25, -0.2) is 0 Å². The first-order chi connectivity index (χ1) is 19.5. The molecule has 2 nitrogen and oxygen atoms in total. The minimum Gasteiger partial charge on any atom is -0.305 e. The van der Waals surface area contributed by atoms with Crippen LogP contribution in [0.2, 0.25) is 19.6 Å². The van der Waals surface area contributed by atoms with Gasteiger partial charge in [-0.05, 0) is 57.6 Å². The van der Waals surface area contributed by atoms with Crippen LogP contribution in [-0.2, 0) is 20.1 Å². The first-order valence-electron chi connectivity index (χ1n) is 14.2. The third-order valence-electron chi connectivity index (χ3n) is 7.78. The van der Waals surface area contributed by atoms with Gasteiger partial charge >= 0.3 is 0 Å². The van der Waals surface area contributed by atoms with Crippen molar-refractivity contribution in [2.24, 2.45) is 0 Å². The summed E-state index contributed by atoms with van der Waals surface area (Å²) in [7, 11) is -1.37. The van der Waals surface area contributed by atoms with E-state index < -0.39 is 8.07 Å². The summed E-state index contributed by atoms with van der Waals surface area (Å²) in [6, 6.07) is 36.1. The number of rotatable bonds is 4. The van der Waals surface area contributed by atoms with Crippen LogP contribution >= 0.6 is 11.3 Å². The largest absolute Gasteiger partial charge is 0.305 e. The molecule has 0 N–H and O–H groups in total. The SMILES string of the molecule is C[Si](C)(C)c1cccc2c1sc1c(-c3ccccn3)[c-]ccc12.[Ir].[c-]1ccccc1-c1cc(C2CCCC2)ccn1. The first kappa shape index (κ1) is 29.5. The maximum Gasteiger partial charge on any atom is 0.0794 e. The summed E-state index contributed by atoms with van der Waals surface area (Å²) in [6.07, 6.45) is 9.20.